The van der Waals surface area contributed by atoms with E-state index in [4.69, 9.17) is 9.26 Å². The monoisotopic (exact) mass is 389 g/mol. The average molecular weight is 389 g/mol. The van der Waals surface area contributed by atoms with Gasteiger partial charge in [-0.1, -0.05) is 35.5 Å². The van der Waals surface area contributed by atoms with E-state index in [0.29, 0.717) is 31.0 Å². The number of hydrogen-bond acceptors (Lipinski definition) is 5. The van der Waals surface area contributed by atoms with Crippen LogP contribution >= 0.6 is 0 Å². The fourth-order valence-corrected chi connectivity index (χ4v) is 3.40. The number of benzene rings is 2. The molecule has 0 saturated carbocycles. The van der Waals surface area contributed by atoms with E-state index in [1.54, 1.807) is 7.11 Å². The Morgan fingerprint density at radius 3 is 2.79 bits per heavy atom. The zero-order valence-electron chi connectivity index (χ0n) is 16.4. The van der Waals surface area contributed by atoms with Crippen molar-refractivity contribution in [2.75, 3.05) is 7.11 Å². The Hall–Kier alpha value is -3.41. The number of fused-ring (bicyclic) bond motifs is 1. The lowest BCUT2D eigenvalue weighted by Gasteiger charge is -2.02. The van der Waals surface area contributed by atoms with Crippen LogP contribution in [0.4, 0.5) is 0 Å². The molecule has 0 atom stereocenters. The summed E-state index contributed by atoms with van der Waals surface area (Å²) in [4.78, 5) is 19.9. The number of ether oxygens (including phenoxy) is 1. The van der Waals surface area contributed by atoms with Crippen LogP contribution < -0.4 is 4.74 Å². The molecule has 2 aromatic heterocycles. The van der Waals surface area contributed by atoms with Gasteiger partial charge in [0.15, 0.2) is 0 Å². The van der Waals surface area contributed by atoms with Gasteiger partial charge in [0.05, 0.1) is 7.11 Å². The van der Waals surface area contributed by atoms with Crippen LogP contribution in [0, 0.1) is 0 Å². The van der Waals surface area contributed by atoms with Crippen LogP contribution in [0.3, 0.4) is 0 Å². The van der Waals surface area contributed by atoms with Crippen LogP contribution in [0.1, 0.15) is 30.7 Å². The highest BCUT2D eigenvalue weighted by molar-refractivity contribution is 5.84. The molecular formula is C23H23N3O3. The SMILES string of the molecule is COc1ccc2[nH]cc(CCCC(=O)CCc3nc(-c4ccccc4)no3)c2c1. The zero-order chi connectivity index (χ0) is 20.1. The van der Waals surface area contributed by atoms with Gasteiger partial charge in [-0.25, -0.2) is 0 Å². The number of aromatic nitrogens is 3. The number of Topliss-reactive ketones (excluding diaryl/α,β-unsaturated/α-hetero) is 1. The van der Waals surface area contributed by atoms with E-state index in [2.05, 4.69) is 15.1 Å². The second kappa shape index (κ2) is 8.73. The molecule has 4 rings (SSSR count). The van der Waals surface area contributed by atoms with E-state index in [0.717, 1.165) is 35.1 Å². The number of carbonyl (C=O) groups excluding carboxylic acids is 1. The van der Waals surface area contributed by atoms with Gasteiger partial charge in [-0.05, 0) is 36.6 Å². The van der Waals surface area contributed by atoms with Gasteiger partial charge >= 0.3 is 0 Å². The topological polar surface area (TPSA) is 81.0 Å². The summed E-state index contributed by atoms with van der Waals surface area (Å²) in [5.74, 6) is 2.11. The molecule has 0 fully saturated rings. The summed E-state index contributed by atoms with van der Waals surface area (Å²) in [6.45, 7) is 0. The number of carbonyl (C=O) groups is 1. The number of hydrogen-bond donors (Lipinski definition) is 1. The van der Waals surface area contributed by atoms with Gasteiger partial charge < -0.3 is 14.2 Å². The molecule has 0 radical (unpaired) electrons. The van der Waals surface area contributed by atoms with Gasteiger partial charge in [0, 0.05) is 41.9 Å². The fraction of sp³-hybridized carbons (Fsp3) is 0.261. The van der Waals surface area contributed by atoms with E-state index in [9.17, 15) is 4.79 Å². The van der Waals surface area contributed by atoms with Gasteiger partial charge in [0.2, 0.25) is 11.7 Å². The van der Waals surface area contributed by atoms with Crippen molar-refractivity contribution in [3.05, 3.63) is 66.2 Å². The highest BCUT2D eigenvalue weighted by atomic mass is 16.5. The zero-order valence-corrected chi connectivity index (χ0v) is 16.4. The van der Waals surface area contributed by atoms with E-state index < -0.39 is 0 Å². The van der Waals surface area contributed by atoms with Crippen molar-refractivity contribution in [3.63, 3.8) is 0 Å². The molecule has 148 valence electrons. The normalized spacial score (nSPS) is 11.1. The second-order valence-electron chi connectivity index (χ2n) is 7.00. The molecular weight excluding hydrogens is 366 g/mol. The molecule has 6 nitrogen and oxygen atoms in total. The summed E-state index contributed by atoms with van der Waals surface area (Å²) < 4.78 is 10.6. The number of ketones is 1. The predicted octanol–water partition coefficient (Wildman–Crippen LogP) is 4.75. The number of aromatic amines is 1. The Labute approximate surface area is 168 Å². The first-order valence-corrected chi connectivity index (χ1v) is 9.76. The number of nitrogens with zero attached hydrogens (tertiary/aromatic N) is 2. The van der Waals surface area contributed by atoms with Crippen molar-refractivity contribution in [1.82, 2.24) is 15.1 Å². The molecule has 0 unspecified atom stereocenters. The van der Waals surface area contributed by atoms with E-state index in [1.165, 1.54) is 5.56 Å². The van der Waals surface area contributed by atoms with Crippen LogP contribution in [0.2, 0.25) is 0 Å². The van der Waals surface area contributed by atoms with Crippen LogP contribution in [0.15, 0.2) is 59.3 Å². The van der Waals surface area contributed by atoms with Gasteiger partial charge in [0.25, 0.3) is 0 Å². The van der Waals surface area contributed by atoms with E-state index in [-0.39, 0.29) is 5.78 Å². The first-order chi connectivity index (χ1) is 14.2. The quantitative estimate of drug-likeness (QED) is 0.447. The van der Waals surface area contributed by atoms with Crippen molar-refractivity contribution < 1.29 is 14.1 Å². The standard InChI is InChI=1S/C23H23N3O3/c1-28-19-11-12-21-20(14-19)17(15-24-21)8-5-9-18(27)10-13-22-25-23(26-29-22)16-6-3-2-4-7-16/h2-4,6-7,11-12,14-15,24H,5,8-10,13H2,1H3. The Morgan fingerprint density at radius 2 is 1.97 bits per heavy atom. The Balaban J connectivity index is 1.26. The fourth-order valence-electron chi connectivity index (χ4n) is 3.40. The lowest BCUT2D eigenvalue weighted by atomic mass is 10.0. The number of H-pyrrole nitrogens is 1. The second-order valence-corrected chi connectivity index (χ2v) is 7.00. The van der Waals surface area contributed by atoms with Crippen LogP contribution in [-0.4, -0.2) is 28.0 Å². The van der Waals surface area contributed by atoms with Crippen molar-refractivity contribution in [3.8, 4) is 17.1 Å². The van der Waals surface area contributed by atoms with E-state index in [1.807, 2.05) is 54.7 Å². The third-order valence-electron chi connectivity index (χ3n) is 4.99. The van der Waals surface area contributed by atoms with Gasteiger partial charge in [-0.15, -0.1) is 0 Å². The summed E-state index contributed by atoms with van der Waals surface area (Å²) in [5.41, 5.74) is 3.19. The molecule has 1 N–H and O–H groups in total. The van der Waals surface area contributed by atoms with Crippen molar-refractivity contribution in [2.24, 2.45) is 0 Å². The van der Waals surface area contributed by atoms with Gasteiger partial charge in [-0.2, -0.15) is 4.98 Å². The third kappa shape index (κ3) is 4.54. The molecule has 6 heteroatoms. The Morgan fingerprint density at radius 1 is 1.10 bits per heavy atom. The van der Waals surface area contributed by atoms with Crippen molar-refractivity contribution in [2.45, 2.75) is 32.1 Å². The molecule has 4 aromatic rings. The molecule has 29 heavy (non-hydrogen) atoms. The smallest absolute Gasteiger partial charge is 0.227 e. The minimum absolute atomic E-state index is 0.210. The summed E-state index contributed by atoms with van der Waals surface area (Å²) in [7, 11) is 1.67. The first kappa shape index (κ1) is 18.9. The van der Waals surface area contributed by atoms with Gasteiger partial charge in [-0.3, -0.25) is 4.79 Å². The number of rotatable bonds is 9. The molecule has 0 aliphatic heterocycles. The maximum atomic E-state index is 12.3. The maximum Gasteiger partial charge on any atom is 0.227 e. The van der Waals surface area contributed by atoms with Gasteiger partial charge in [0.1, 0.15) is 11.5 Å². The number of aryl methyl sites for hydroxylation is 2. The number of nitrogens with one attached hydrogen (secondary N) is 1. The van der Waals surface area contributed by atoms with Crippen molar-refractivity contribution in [1.29, 1.82) is 0 Å². The summed E-state index contributed by atoms with van der Waals surface area (Å²) in [6, 6.07) is 15.6. The largest absolute Gasteiger partial charge is 0.497 e. The Kier molecular flexibility index (Phi) is 5.70. The molecule has 0 bridgehead atoms. The minimum Gasteiger partial charge on any atom is -0.497 e. The third-order valence-corrected chi connectivity index (χ3v) is 4.99. The predicted molar refractivity (Wildman–Crippen MR) is 111 cm³/mol. The number of methoxy groups -OCH3 is 1. The molecule has 0 spiro atoms. The lowest BCUT2D eigenvalue weighted by molar-refractivity contribution is -0.119. The van der Waals surface area contributed by atoms with Crippen LogP contribution in [0.5, 0.6) is 5.75 Å². The lowest BCUT2D eigenvalue weighted by Crippen LogP contribution is -2.01. The average Bonchev–Trinajstić information content (AvgIpc) is 3.40. The van der Waals surface area contributed by atoms with Crippen molar-refractivity contribution >= 4 is 16.7 Å². The summed E-state index contributed by atoms with van der Waals surface area (Å²) in [5, 5.41) is 5.14. The molecule has 2 heterocycles. The summed E-state index contributed by atoms with van der Waals surface area (Å²) >= 11 is 0. The maximum absolute atomic E-state index is 12.3. The van der Waals surface area contributed by atoms with E-state index >= 15 is 0 Å². The Bertz CT molecular complexity index is 1100. The first-order valence-electron chi connectivity index (χ1n) is 9.76. The van der Waals surface area contributed by atoms with Crippen LogP contribution in [-0.2, 0) is 17.6 Å². The highest BCUT2D eigenvalue weighted by Crippen LogP contribution is 2.25. The molecule has 0 aliphatic carbocycles. The highest BCUT2D eigenvalue weighted by Gasteiger charge is 2.11. The summed E-state index contributed by atoms with van der Waals surface area (Å²) in [6.07, 6.45) is 5.09. The molecule has 2 aromatic carbocycles. The molecule has 0 amide bonds. The molecule has 0 saturated heterocycles. The van der Waals surface area contributed by atoms with Crippen LogP contribution in [0.25, 0.3) is 22.3 Å². The minimum atomic E-state index is 0.210. The molecule has 0 aliphatic rings.